The summed E-state index contributed by atoms with van der Waals surface area (Å²) in [4.78, 5) is 31.3. The second-order valence-electron chi connectivity index (χ2n) is 9.56. The molecule has 1 unspecified atom stereocenters. The molecule has 2 saturated heterocycles. The van der Waals surface area contributed by atoms with Crippen LogP contribution in [0, 0.1) is 24.2 Å². The number of aromatic nitrogens is 1. The summed E-state index contributed by atoms with van der Waals surface area (Å²) in [6.07, 6.45) is 10.4. The molecule has 2 aliphatic heterocycles. The Morgan fingerprint density at radius 1 is 1.14 bits per heavy atom. The standard InChI is InChI=1S/C27H38N4O2S2/c1-5-8-12-20(7-3)18-31-26(33)23(35-27(31)34)16-21-19(4)22(17-28)25(32)30(13-6-2)24(21)29-14-10-9-11-15-29/h16,20H,5-15,18H2,1-4H3/b23-16-. The van der Waals surface area contributed by atoms with Crippen LogP contribution in [-0.2, 0) is 11.3 Å². The number of nitriles is 1. The number of carbonyl (C=O) groups excluding carboxylic acids is 1. The Kier molecular flexibility index (Phi) is 9.99. The number of anilines is 1. The van der Waals surface area contributed by atoms with E-state index in [1.165, 1.54) is 18.2 Å². The fraction of sp³-hybridized carbons (Fsp3) is 0.630. The van der Waals surface area contributed by atoms with Crippen LogP contribution in [0.4, 0.5) is 5.82 Å². The van der Waals surface area contributed by atoms with Gasteiger partial charge in [-0.25, -0.2) is 0 Å². The van der Waals surface area contributed by atoms with Gasteiger partial charge >= 0.3 is 0 Å². The van der Waals surface area contributed by atoms with E-state index in [9.17, 15) is 14.9 Å². The molecule has 0 saturated carbocycles. The number of hydrogen-bond donors (Lipinski definition) is 0. The number of unbranched alkanes of at least 4 members (excludes halogenated alkanes) is 1. The predicted molar refractivity (Wildman–Crippen MR) is 150 cm³/mol. The van der Waals surface area contributed by atoms with E-state index in [0.29, 0.717) is 33.8 Å². The first kappa shape index (κ1) is 27.5. The average Bonchev–Trinajstić information content (AvgIpc) is 3.12. The molecule has 0 aromatic carbocycles. The molecule has 35 heavy (non-hydrogen) atoms. The maximum absolute atomic E-state index is 13.5. The van der Waals surface area contributed by atoms with Crippen molar-refractivity contribution in [2.45, 2.75) is 85.6 Å². The summed E-state index contributed by atoms with van der Waals surface area (Å²) in [6.45, 7) is 11.1. The highest BCUT2D eigenvalue weighted by molar-refractivity contribution is 8.26. The van der Waals surface area contributed by atoms with E-state index >= 15 is 0 Å². The molecule has 0 bridgehead atoms. The molecule has 2 fully saturated rings. The van der Waals surface area contributed by atoms with Crippen LogP contribution >= 0.6 is 24.0 Å². The van der Waals surface area contributed by atoms with Gasteiger partial charge in [0, 0.05) is 31.7 Å². The summed E-state index contributed by atoms with van der Waals surface area (Å²) in [5.74, 6) is 1.21. The number of amides is 1. The minimum Gasteiger partial charge on any atom is -0.357 e. The maximum atomic E-state index is 13.5. The van der Waals surface area contributed by atoms with Crippen LogP contribution in [0.15, 0.2) is 9.70 Å². The minimum atomic E-state index is -0.237. The number of nitrogens with zero attached hydrogens (tertiary/aromatic N) is 4. The fourth-order valence-electron chi connectivity index (χ4n) is 4.99. The van der Waals surface area contributed by atoms with E-state index in [0.717, 1.165) is 69.4 Å². The van der Waals surface area contributed by atoms with Gasteiger partial charge in [0.15, 0.2) is 0 Å². The van der Waals surface area contributed by atoms with Gasteiger partial charge in [-0.2, -0.15) is 5.26 Å². The largest absolute Gasteiger partial charge is 0.357 e. The van der Waals surface area contributed by atoms with Gasteiger partial charge in [0.05, 0.1) is 4.91 Å². The first-order chi connectivity index (χ1) is 16.9. The van der Waals surface area contributed by atoms with Gasteiger partial charge in [-0.3, -0.25) is 19.1 Å². The Hall–Kier alpha value is -2.11. The van der Waals surface area contributed by atoms with Crippen molar-refractivity contribution in [3.63, 3.8) is 0 Å². The smallest absolute Gasteiger partial charge is 0.270 e. The highest BCUT2D eigenvalue weighted by atomic mass is 32.2. The minimum absolute atomic E-state index is 0.0642. The van der Waals surface area contributed by atoms with Crippen LogP contribution in [-0.4, -0.2) is 39.3 Å². The molecule has 0 radical (unpaired) electrons. The Bertz CT molecular complexity index is 1080. The lowest BCUT2D eigenvalue weighted by Gasteiger charge is -2.33. The van der Waals surface area contributed by atoms with Crippen molar-refractivity contribution >= 4 is 46.1 Å². The molecule has 0 N–H and O–H groups in total. The highest BCUT2D eigenvalue weighted by Crippen LogP contribution is 2.37. The molecular weight excluding hydrogens is 476 g/mol. The zero-order valence-corrected chi connectivity index (χ0v) is 23.2. The van der Waals surface area contributed by atoms with Gasteiger partial charge in [-0.1, -0.05) is 64.0 Å². The van der Waals surface area contributed by atoms with Crippen molar-refractivity contribution in [3.05, 3.63) is 31.9 Å². The summed E-state index contributed by atoms with van der Waals surface area (Å²) in [7, 11) is 0. The van der Waals surface area contributed by atoms with Crippen molar-refractivity contribution in [2.75, 3.05) is 24.5 Å². The van der Waals surface area contributed by atoms with Crippen molar-refractivity contribution in [1.29, 1.82) is 5.26 Å². The molecule has 0 aliphatic carbocycles. The molecular formula is C27H38N4O2S2. The fourth-order valence-corrected chi connectivity index (χ4v) is 6.24. The summed E-state index contributed by atoms with van der Waals surface area (Å²) in [5, 5.41) is 9.81. The van der Waals surface area contributed by atoms with Crippen molar-refractivity contribution in [1.82, 2.24) is 9.47 Å². The predicted octanol–water partition coefficient (Wildman–Crippen LogP) is 5.85. The van der Waals surface area contributed by atoms with Crippen LogP contribution in [0.3, 0.4) is 0 Å². The Labute approximate surface area is 219 Å². The zero-order chi connectivity index (χ0) is 25.5. The number of rotatable bonds is 10. The molecule has 1 atom stereocenters. The lowest BCUT2D eigenvalue weighted by molar-refractivity contribution is -0.122. The summed E-state index contributed by atoms with van der Waals surface area (Å²) in [5.41, 5.74) is 1.37. The summed E-state index contributed by atoms with van der Waals surface area (Å²) >= 11 is 6.96. The third-order valence-electron chi connectivity index (χ3n) is 7.08. The van der Waals surface area contributed by atoms with Crippen molar-refractivity contribution in [3.8, 4) is 6.07 Å². The lowest BCUT2D eigenvalue weighted by Crippen LogP contribution is -2.37. The molecule has 1 aromatic rings. The van der Waals surface area contributed by atoms with Gasteiger partial charge in [0.2, 0.25) is 0 Å². The summed E-state index contributed by atoms with van der Waals surface area (Å²) in [6, 6.07) is 2.13. The Balaban J connectivity index is 2.08. The van der Waals surface area contributed by atoms with Crippen LogP contribution in [0.2, 0.25) is 0 Å². The van der Waals surface area contributed by atoms with E-state index in [1.807, 2.05) is 19.9 Å². The molecule has 190 valence electrons. The molecule has 2 aliphatic rings. The molecule has 3 heterocycles. The first-order valence-electron chi connectivity index (χ1n) is 13.1. The number of thiocarbonyl (C=S) groups is 1. The van der Waals surface area contributed by atoms with E-state index in [4.69, 9.17) is 12.2 Å². The topological polar surface area (TPSA) is 69.3 Å². The zero-order valence-electron chi connectivity index (χ0n) is 21.6. The Morgan fingerprint density at radius 3 is 2.46 bits per heavy atom. The molecule has 0 spiro atoms. The van der Waals surface area contributed by atoms with Crippen molar-refractivity contribution in [2.24, 2.45) is 5.92 Å². The van der Waals surface area contributed by atoms with Crippen LogP contribution in [0.25, 0.3) is 6.08 Å². The average molecular weight is 515 g/mol. The molecule has 1 aromatic heterocycles. The second kappa shape index (κ2) is 12.7. The molecule has 6 nitrogen and oxygen atoms in total. The second-order valence-corrected chi connectivity index (χ2v) is 11.2. The van der Waals surface area contributed by atoms with E-state index in [2.05, 4.69) is 24.8 Å². The van der Waals surface area contributed by atoms with Crippen LogP contribution in [0.1, 0.15) is 88.8 Å². The molecule has 1 amide bonds. The number of thioether (sulfide) groups is 1. The first-order valence-corrected chi connectivity index (χ1v) is 14.3. The normalized spacial score (nSPS) is 18.4. The van der Waals surface area contributed by atoms with Gasteiger partial charge in [0.1, 0.15) is 21.8 Å². The quantitative estimate of drug-likeness (QED) is 0.288. The third-order valence-corrected chi connectivity index (χ3v) is 8.46. The van der Waals surface area contributed by atoms with Gasteiger partial charge in [-0.15, -0.1) is 0 Å². The Morgan fingerprint density at radius 2 is 1.86 bits per heavy atom. The summed E-state index contributed by atoms with van der Waals surface area (Å²) < 4.78 is 2.34. The highest BCUT2D eigenvalue weighted by Gasteiger charge is 2.34. The third kappa shape index (κ3) is 6.00. The van der Waals surface area contributed by atoms with Crippen LogP contribution < -0.4 is 10.5 Å². The maximum Gasteiger partial charge on any atom is 0.270 e. The molecule has 3 rings (SSSR count). The monoisotopic (exact) mass is 514 g/mol. The lowest BCUT2D eigenvalue weighted by atomic mass is 9.99. The van der Waals surface area contributed by atoms with Crippen LogP contribution in [0.5, 0.6) is 0 Å². The number of carbonyl (C=O) groups is 1. The van der Waals surface area contributed by atoms with E-state index in [1.54, 1.807) is 9.47 Å². The van der Waals surface area contributed by atoms with Gasteiger partial charge < -0.3 is 4.90 Å². The number of hydrogen-bond acceptors (Lipinski definition) is 6. The number of pyridine rings is 1. The van der Waals surface area contributed by atoms with Gasteiger partial charge in [-0.05, 0) is 56.6 Å². The van der Waals surface area contributed by atoms with E-state index in [-0.39, 0.29) is 17.0 Å². The van der Waals surface area contributed by atoms with Crippen molar-refractivity contribution < 1.29 is 4.79 Å². The van der Waals surface area contributed by atoms with E-state index < -0.39 is 0 Å². The number of piperidine rings is 1. The molecule has 8 heteroatoms. The van der Waals surface area contributed by atoms with Gasteiger partial charge in [0.25, 0.3) is 11.5 Å². The SMILES string of the molecule is CCCCC(CC)CN1C(=O)/C(=C/c2c(C)c(C#N)c(=O)n(CCC)c2N2CCCCC2)SC1=S.